The van der Waals surface area contributed by atoms with Gasteiger partial charge in [-0.2, -0.15) is 0 Å². The number of hydrogen-bond acceptors (Lipinski definition) is 1. The van der Waals surface area contributed by atoms with Gasteiger partial charge in [0, 0.05) is 13.1 Å². The summed E-state index contributed by atoms with van der Waals surface area (Å²) < 4.78 is 0. The average molecular weight is 202 g/mol. The van der Waals surface area contributed by atoms with Crippen LogP contribution in [0.3, 0.4) is 0 Å². The maximum absolute atomic E-state index is 11.6. The molecule has 0 unspecified atom stereocenters. The summed E-state index contributed by atoms with van der Waals surface area (Å²) in [7, 11) is 0. The number of rotatable bonds is 2. The first-order valence-electron chi connectivity index (χ1n) is 4.90. The highest BCUT2D eigenvalue weighted by molar-refractivity contribution is 6.42. The molecular weight excluding hydrogens is 186 g/mol. The summed E-state index contributed by atoms with van der Waals surface area (Å²) in [6.07, 6.45) is 6.06. The van der Waals surface area contributed by atoms with Crippen LogP contribution in [0.1, 0.15) is 32.6 Å². The third kappa shape index (κ3) is 3.03. The second-order valence-electron chi connectivity index (χ2n) is 3.31. The van der Waals surface area contributed by atoms with Crippen LogP contribution in [-0.2, 0) is 4.79 Å². The molecule has 0 atom stereocenters. The SMILES string of the molecule is CC/C=C(\Cl)C(=O)N1CCCCC1. The molecular formula is C10H16ClNO. The zero-order chi connectivity index (χ0) is 9.68. The van der Waals surface area contributed by atoms with Crippen molar-refractivity contribution in [1.82, 2.24) is 4.90 Å². The van der Waals surface area contributed by atoms with Gasteiger partial charge >= 0.3 is 0 Å². The van der Waals surface area contributed by atoms with Crippen LogP contribution in [0.4, 0.5) is 0 Å². The Morgan fingerprint density at radius 2 is 2.00 bits per heavy atom. The largest absolute Gasteiger partial charge is 0.338 e. The van der Waals surface area contributed by atoms with Crippen LogP contribution in [0.15, 0.2) is 11.1 Å². The van der Waals surface area contributed by atoms with Crippen molar-refractivity contribution in [2.45, 2.75) is 32.6 Å². The molecule has 1 rings (SSSR count). The summed E-state index contributed by atoms with van der Waals surface area (Å²) in [5.41, 5.74) is 0. The molecule has 0 saturated carbocycles. The number of likely N-dealkylation sites (tertiary alicyclic amines) is 1. The van der Waals surface area contributed by atoms with E-state index in [-0.39, 0.29) is 5.91 Å². The molecule has 0 aliphatic carbocycles. The summed E-state index contributed by atoms with van der Waals surface area (Å²) in [4.78, 5) is 13.5. The Kier molecular flexibility index (Phi) is 4.29. The lowest BCUT2D eigenvalue weighted by Crippen LogP contribution is -2.35. The van der Waals surface area contributed by atoms with E-state index in [0.29, 0.717) is 5.03 Å². The van der Waals surface area contributed by atoms with Gasteiger partial charge < -0.3 is 4.90 Å². The normalized spacial score (nSPS) is 18.9. The molecule has 1 aliphatic heterocycles. The van der Waals surface area contributed by atoms with Gasteiger partial charge in [0.2, 0.25) is 0 Å². The van der Waals surface area contributed by atoms with Crippen LogP contribution in [0.2, 0.25) is 0 Å². The predicted octanol–water partition coefficient (Wildman–Crippen LogP) is 2.53. The van der Waals surface area contributed by atoms with Gasteiger partial charge in [0.05, 0.1) is 0 Å². The smallest absolute Gasteiger partial charge is 0.265 e. The van der Waals surface area contributed by atoms with Gasteiger partial charge in [0.25, 0.3) is 5.91 Å². The fourth-order valence-electron chi connectivity index (χ4n) is 1.51. The van der Waals surface area contributed by atoms with Crippen molar-refractivity contribution in [3.8, 4) is 0 Å². The first-order valence-corrected chi connectivity index (χ1v) is 5.28. The molecule has 0 spiro atoms. The van der Waals surface area contributed by atoms with Crippen molar-refractivity contribution in [3.63, 3.8) is 0 Å². The zero-order valence-corrected chi connectivity index (χ0v) is 8.81. The third-order valence-corrected chi connectivity index (χ3v) is 2.55. The van der Waals surface area contributed by atoms with Crippen LogP contribution in [0.5, 0.6) is 0 Å². The van der Waals surface area contributed by atoms with Crippen LogP contribution in [0, 0.1) is 0 Å². The molecule has 2 nitrogen and oxygen atoms in total. The summed E-state index contributed by atoms with van der Waals surface area (Å²) in [5.74, 6) is 0.00298. The molecule has 74 valence electrons. The molecule has 1 aliphatic rings. The van der Waals surface area contributed by atoms with E-state index in [4.69, 9.17) is 11.6 Å². The maximum atomic E-state index is 11.6. The van der Waals surface area contributed by atoms with Gasteiger partial charge in [-0.25, -0.2) is 0 Å². The van der Waals surface area contributed by atoms with Crippen molar-refractivity contribution in [2.75, 3.05) is 13.1 Å². The van der Waals surface area contributed by atoms with E-state index in [1.165, 1.54) is 6.42 Å². The molecule has 0 radical (unpaired) electrons. The minimum Gasteiger partial charge on any atom is -0.338 e. The number of carbonyl (C=O) groups excluding carboxylic acids is 1. The van der Waals surface area contributed by atoms with Gasteiger partial charge in [-0.15, -0.1) is 0 Å². The lowest BCUT2D eigenvalue weighted by Gasteiger charge is -2.26. The summed E-state index contributed by atoms with van der Waals surface area (Å²) >= 11 is 5.83. The summed E-state index contributed by atoms with van der Waals surface area (Å²) in [6.45, 7) is 3.71. The maximum Gasteiger partial charge on any atom is 0.265 e. The van der Waals surface area contributed by atoms with Crippen molar-refractivity contribution in [3.05, 3.63) is 11.1 Å². The quantitative estimate of drug-likeness (QED) is 0.629. The van der Waals surface area contributed by atoms with Gasteiger partial charge in [-0.3, -0.25) is 4.79 Å². The van der Waals surface area contributed by atoms with Gasteiger partial charge in [0.15, 0.2) is 0 Å². The number of amides is 1. The Bertz CT molecular complexity index is 207. The standard InChI is InChI=1S/C10H16ClNO/c1-2-6-9(11)10(13)12-7-4-3-5-8-12/h6H,2-5,7-8H2,1H3/b9-6-. The molecule has 0 N–H and O–H groups in total. The molecule has 1 saturated heterocycles. The van der Waals surface area contributed by atoms with Crippen molar-refractivity contribution >= 4 is 17.5 Å². The highest BCUT2D eigenvalue weighted by Crippen LogP contribution is 2.14. The monoisotopic (exact) mass is 201 g/mol. The van der Waals surface area contributed by atoms with Crippen molar-refractivity contribution in [2.24, 2.45) is 0 Å². The van der Waals surface area contributed by atoms with E-state index in [1.807, 2.05) is 11.8 Å². The zero-order valence-electron chi connectivity index (χ0n) is 8.05. The third-order valence-electron chi connectivity index (χ3n) is 2.23. The highest BCUT2D eigenvalue weighted by atomic mass is 35.5. The first-order chi connectivity index (χ1) is 6.25. The van der Waals surface area contributed by atoms with E-state index >= 15 is 0 Å². The van der Waals surface area contributed by atoms with Gasteiger partial charge in [-0.1, -0.05) is 24.6 Å². The number of halogens is 1. The lowest BCUT2D eigenvalue weighted by atomic mass is 10.1. The van der Waals surface area contributed by atoms with Crippen molar-refractivity contribution < 1.29 is 4.79 Å². The van der Waals surface area contributed by atoms with E-state index < -0.39 is 0 Å². The molecule has 0 aromatic carbocycles. The van der Waals surface area contributed by atoms with E-state index in [0.717, 1.165) is 32.4 Å². The van der Waals surface area contributed by atoms with Crippen LogP contribution in [-0.4, -0.2) is 23.9 Å². The van der Waals surface area contributed by atoms with E-state index in [1.54, 1.807) is 6.08 Å². The summed E-state index contributed by atoms with van der Waals surface area (Å²) in [5, 5.41) is 0.379. The Morgan fingerprint density at radius 1 is 1.38 bits per heavy atom. The molecule has 1 amide bonds. The Balaban J connectivity index is 2.50. The Morgan fingerprint density at radius 3 is 2.54 bits per heavy atom. The van der Waals surface area contributed by atoms with Crippen LogP contribution < -0.4 is 0 Å². The first kappa shape index (κ1) is 10.6. The second kappa shape index (κ2) is 5.28. The minimum absolute atomic E-state index is 0.00298. The molecule has 0 aromatic rings. The average Bonchev–Trinajstić information content (AvgIpc) is 2.18. The second-order valence-corrected chi connectivity index (χ2v) is 3.72. The Labute approximate surface area is 84.6 Å². The topological polar surface area (TPSA) is 20.3 Å². The van der Waals surface area contributed by atoms with E-state index in [9.17, 15) is 4.79 Å². The molecule has 3 heteroatoms. The Hall–Kier alpha value is -0.500. The lowest BCUT2D eigenvalue weighted by molar-refractivity contribution is -0.127. The summed E-state index contributed by atoms with van der Waals surface area (Å²) in [6, 6.07) is 0. The van der Waals surface area contributed by atoms with Gasteiger partial charge in [-0.05, 0) is 25.7 Å². The van der Waals surface area contributed by atoms with Crippen LogP contribution >= 0.6 is 11.6 Å². The van der Waals surface area contributed by atoms with E-state index in [2.05, 4.69) is 0 Å². The number of allylic oxidation sites excluding steroid dienone is 1. The predicted molar refractivity (Wildman–Crippen MR) is 54.7 cm³/mol. The van der Waals surface area contributed by atoms with Crippen molar-refractivity contribution in [1.29, 1.82) is 0 Å². The number of hydrogen-bond donors (Lipinski definition) is 0. The minimum atomic E-state index is 0.00298. The molecule has 0 aromatic heterocycles. The van der Waals surface area contributed by atoms with Crippen LogP contribution in [0.25, 0.3) is 0 Å². The number of carbonyl (C=O) groups is 1. The fourth-order valence-corrected chi connectivity index (χ4v) is 1.79. The molecule has 13 heavy (non-hydrogen) atoms. The van der Waals surface area contributed by atoms with Gasteiger partial charge in [0.1, 0.15) is 5.03 Å². The fraction of sp³-hybridized carbons (Fsp3) is 0.700. The molecule has 0 bridgehead atoms. The number of piperidine rings is 1. The highest BCUT2D eigenvalue weighted by Gasteiger charge is 2.18. The molecule has 1 heterocycles. The molecule has 1 fully saturated rings. The number of nitrogens with zero attached hydrogens (tertiary/aromatic N) is 1.